The number of hydrogen-bond donors (Lipinski definition) is 2. The summed E-state index contributed by atoms with van der Waals surface area (Å²) in [4.78, 5) is 22.7. The lowest BCUT2D eigenvalue weighted by molar-refractivity contribution is -0.142. The van der Waals surface area contributed by atoms with Gasteiger partial charge in [-0.05, 0) is 31.4 Å². The Morgan fingerprint density at radius 2 is 1.85 bits per heavy atom. The van der Waals surface area contributed by atoms with Gasteiger partial charge in [-0.1, -0.05) is 31.5 Å². The standard InChI is InChI=1S/C15H21NO4/c1-10(2)8-13(15(18)19)16-14(17)9-20-12-6-4-11(3)5-7-12/h4-7,10,13H,8-9H2,1-3H3,(H,16,17)(H,18,19)/t13-/m0/s1. The van der Waals surface area contributed by atoms with Crippen LogP contribution >= 0.6 is 0 Å². The van der Waals surface area contributed by atoms with Crippen molar-refractivity contribution in [3.8, 4) is 5.75 Å². The van der Waals surface area contributed by atoms with Gasteiger partial charge in [0.15, 0.2) is 6.61 Å². The third-order valence-corrected chi connectivity index (χ3v) is 2.73. The van der Waals surface area contributed by atoms with Gasteiger partial charge in [-0.25, -0.2) is 4.79 Å². The van der Waals surface area contributed by atoms with E-state index in [1.807, 2.05) is 32.9 Å². The molecule has 1 aromatic rings. The molecule has 0 saturated carbocycles. The Hall–Kier alpha value is -2.04. The van der Waals surface area contributed by atoms with Crippen LogP contribution in [0.15, 0.2) is 24.3 Å². The SMILES string of the molecule is Cc1ccc(OCC(=O)N[C@@H](CC(C)C)C(=O)O)cc1. The number of carboxylic acids is 1. The van der Waals surface area contributed by atoms with Crippen molar-refractivity contribution >= 4 is 11.9 Å². The van der Waals surface area contributed by atoms with E-state index in [9.17, 15) is 9.59 Å². The number of aliphatic carboxylic acids is 1. The molecule has 2 N–H and O–H groups in total. The Balaban J connectivity index is 2.45. The molecular weight excluding hydrogens is 258 g/mol. The van der Waals surface area contributed by atoms with Gasteiger partial charge in [0.25, 0.3) is 5.91 Å². The third-order valence-electron chi connectivity index (χ3n) is 2.73. The predicted molar refractivity (Wildman–Crippen MR) is 75.7 cm³/mol. The van der Waals surface area contributed by atoms with Crippen LogP contribution in [0.2, 0.25) is 0 Å². The molecule has 0 unspecified atom stereocenters. The highest BCUT2D eigenvalue weighted by atomic mass is 16.5. The predicted octanol–water partition coefficient (Wildman–Crippen LogP) is 1.99. The summed E-state index contributed by atoms with van der Waals surface area (Å²) >= 11 is 0. The molecule has 0 saturated heterocycles. The van der Waals surface area contributed by atoms with Crippen molar-refractivity contribution < 1.29 is 19.4 Å². The Morgan fingerprint density at radius 3 is 2.35 bits per heavy atom. The monoisotopic (exact) mass is 279 g/mol. The Bertz CT molecular complexity index is 453. The van der Waals surface area contributed by atoms with Crippen molar-refractivity contribution in [2.45, 2.75) is 33.2 Å². The molecule has 0 fully saturated rings. The molecule has 0 aliphatic rings. The lowest BCUT2D eigenvalue weighted by Gasteiger charge is -2.16. The van der Waals surface area contributed by atoms with E-state index < -0.39 is 17.9 Å². The van der Waals surface area contributed by atoms with Crippen LogP contribution in [0, 0.1) is 12.8 Å². The second-order valence-corrected chi connectivity index (χ2v) is 5.19. The van der Waals surface area contributed by atoms with Crippen LogP contribution in [0.3, 0.4) is 0 Å². The molecular formula is C15H21NO4. The normalized spacial score (nSPS) is 12.0. The van der Waals surface area contributed by atoms with Gasteiger partial charge in [-0.2, -0.15) is 0 Å². The summed E-state index contributed by atoms with van der Waals surface area (Å²) in [5.74, 6) is -0.683. The molecule has 1 amide bonds. The Morgan fingerprint density at radius 1 is 1.25 bits per heavy atom. The first-order valence-corrected chi connectivity index (χ1v) is 6.60. The van der Waals surface area contributed by atoms with Gasteiger partial charge in [0.1, 0.15) is 11.8 Å². The van der Waals surface area contributed by atoms with Crippen LogP contribution in [-0.2, 0) is 9.59 Å². The smallest absolute Gasteiger partial charge is 0.326 e. The lowest BCUT2D eigenvalue weighted by atomic mass is 10.0. The number of ether oxygens (including phenoxy) is 1. The fraction of sp³-hybridized carbons (Fsp3) is 0.467. The molecule has 0 spiro atoms. The number of nitrogens with one attached hydrogen (secondary N) is 1. The molecule has 1 aromatic carbocycles. The van der Waals surface area contributed by atoms with Crippen molar-refractivity contribution in [3.63, 3.8) is 0 Å². The number of amides is 1. The molecule has 110 valence electrons. The minimum Gasteiger partial charge on any atom is -0.484 e. The maximum absolute atomic E-state index is 11.7. The van der Waals surface area contributed by atoms with E-state index in [0.717, 1.165) is 5.56 Å². The molecule has 0 aromatic heterocycles. The second kappa shape index (κ2) is 7.53. The average molecular weight is 279 g/mol. The van der Waals surface area contributed by atoms with E-state index in [1.165, 1.54) is 0 Å². The zero-order valence-electron chi connectivity index (χ0n) is 12.1. The number of rotatable bonds is 7. The highest BCUT2D eigenvalue weighted by molar-refractivity contribution is 5.84. The van der Waals surface area contributed by atoms with Gasteiger partial charge in [0.05, 0.1) is 0 Å². The number of aryl methyl sites for hydroxylation is 1. The summed E-state index contributed by atoms with van der Waals surface area (Å²) in [7, 11) is 0. The van der Waals surface area contributed by atoms with Gasteiger partial charge in [-0.3, -0.25) is 4.79 Å². The maximum Gasteiger partial charge on any atom is 0.326 e. The van der Waals surface area contributed by atoms with E-state index in [2.05, 4.69) is 5.32 Å². The first-order chi connectivity index (χ1) is 9.38. The molecule has 0 aliphatic heterocycles. The highest BCUT2D eigenvalue weighted by Crippen LogP contribution is 2.11. The summed E-state index contributed by atoms with van der Waals surface area (Å²) in [6.45, 7) is 5.58. The summed E-state index contributed by atoms with van der Waals surface area (Å²) < 4.78 is 5.30. The van der Waals surface area contributed by atoms with Crippen LogP contribution in [0.5, 0.6) is 5.75 Å². The van der Waals surface area contributed by atoms with Crippen molar-refractivity contribution in [1.82, 2.24) is 5.32 Å². The number of carbonyl (C=O) groups is 2. The van der Waals surface area contributed by atoms with Gasteiger partial charge < -0.3 is 15.2 Å². The van der Waals surface area contributed by atoms with E-state index in [1.54, 1.807) is 12.1 Å². The quantitative estimate of drug-likeness (QED) is 0.800. The summed E-state index contributed by atoms with van der Waals surface area (Å²) in [6, 6.07) is 6.43. The first kappa shape index (κ1) is 16.0. The summed E-state index contributed by atoms with van der Waals surface area (Å²) in [6.07, 6.45) is 0.394. The van der Waals surface area contributed by atoms with Gasteiger partial charge in [-0.15, -0.1) is 0 Å². The van der Waals surface area contributed by atoms with Crippen molar-refractivity contribution in [2.75, 3.05) is 6.61 Å². The molecule has 0 aliphatic carbocycles. The number of carbonyl (C=O) groups excluding carboxylic acids is 1. The van der Waals surface area contributed by atoms with Crippen molar-refractivity contribution in [1.29, 1.82) is 0 Å². The Kier molecular flexibility index (Phi) is 6.03. The highest BCUT2D eigenvalue weighted by Gasteiger charge is 2.21. The largest absolute Gasteiger partial charge is 0.484 e. The summed E-state index contributed by atoms with van der Waals surface area (Å²) in [5, 5.41) is 11.5. The minimum absolute atomic E-state index is 0.189. The van der Waals surface area contributed by atoms with Crippen LogP contribution in [0.1, 0.15) is 25.8 Å². The minimum atomic E-state index is -1.03. The zero-order valence-corrected chi connectivity index (χ0v) is 12.1. The molecule has 1 atom stereocenters. The van der Waals surface area contributed by atoms with E-state index in [-0.39, 0.29) is 12.5 Å². The molecule has 0 radical (unpaired) electrons. The molecule has 0 heterocycles. The van der Waals surface area contributed by atoms with Crippen LogP contribution < -0.4 is 10.1 Å². The fourth-order valence-corrected chi connectivity index (χ4v) is 1.71. The zero-order chi connectivity index (χ0) is 15.1. The topological polar surface area (TPSA) is 75.6 Å². The van der Waals surface area contributed by atoms with E-state index >= 15 is 0 Å². The van der Waals surface area contributed by atoms with Gasteiger partial charge in [0.2, 0.25) is 0 Å². The van der Waals surface area contributed by atoms with E-state index in [0.29, 0.717) is 12.2 Å². The molecule has 1 rings (SSSR count). The first-order valence-electron chi connectivity index (χ1n) is 6.60. The number of benzene rings is 1. The molecule has 5 heteroatoms. The van der Waals surface area contributed by atoms with Gasteiger partial charge in [0, 0.05) is 0 Å². The maximum atomic E-state index is 11.7. The third kappa shape index (κ3) is 5.73. The number of hydrogen-bond acceptors (Lipinski definition) is 3. The number of carboxylic acid groups (broad SMARTS) is 1. The molecule has 0 bridgehead atoms. The van der Waals surface area contributed by atoms with Gasteiger partial charge >= 0.3 is 5.97 Å². The summed E-state index contributed by atoms with van der Waals surface area (Å²) in [5.41, 5.74) is 1.10. The fourth-order valence-electron chi connectivity index (χ4n) is 1.71. The van der Waals surface area contributed by atoms with Crippen molar-refractivity contribution in [2.24, 2.45) is 5.92 Å². The van der Waals surface area contributed by atoms with Crippen LogP contribution in [0.25, 0.3) is 0 Å². The average Bonchev–Trinajstić information content (AvgIpc) is 2.36. The second-order valence-electron chi connectivity index (χ2n) is 5.19. The van der Waals surface area contributed by atoms with E-state index in [4.69, 9.17) is 9.84 Å². The van der Waals surface area contributed by atoms with Crippen molar-refractivity contribution in [3.05, 3.63) is 29.8 Å². The Labute approximate surface area is 118 Å². The van der Waals surface area contributed by atoms with Crippen LogP contribution in [-0.4, -0.2) is 29.6 Å². The molecule has 20 heavy (non-hydrogen) atoms. The lowest BCUT2D eigenvalue weighted by Crippen LogP contribution is -2.43. The molecule has 5 nitrogen and oxygen atoms in total. The van der Waals surface area contributed by atoms with Crippen LogP contribution in [0.4, 0.5) is 0 Å².